The van der Waals surface area contributed by atoms with E-state index in [1.807, 2.05) is 38.1 Å². The smallest absolute Gasteiger partial charge is 0.256 e. The molecule has 0 aliphatic carbocycles. The molecule has 0 fully saturated rings. The van der Waals surface area contributed by atoms with E-state index in [0.29, 0.717) is 17.6 Å². The lowest BCUT2D eigenvalue weighted by molar-refractivity contribution is 0.0636. The van der Waals surface area contributed by atoms with E-state index in [9.17, 15) is 14.3 Å². The van der Waals surface area contributed by atoms with Crippen LogP contribution in [0.4, 0.5) is 4.39 Å². The van der Waals surface area contributed by atoms with Crippen molar-refractivity contribution in [2.45, 2.75) is 20.0 Å². The van der Waals surface area contributed by atoms with E-state index in [2.05, 4.69) is 9.97 Å². The van der Waals surface area contributed by atoms with Crippen LogP contribution in [0, 0.1) is 12.7 Å². The molecule has 0 radical (unpaired) electrons. The van der Waals surface area contributed by atoms with E-state index in [1.165, 1.54) is 23.4 Å². The largest absolute Gasteiger partial charge is 0.387 e. The van der Waals surface area contributed by atoms with Crippen LogP contribution in [0.25, 0.3) is 11.0 Å². The van der Waals surface area contributed by atoms with Gasteiger partial charge in [0.25, 0.3) is 5.91 Å². The Balaban J connectivity index is 1.85. The number of likely N-dealkylation sites (N-methyl/N-ethyl adjacent to an activating group) is 1. The second-order valence-corrected chi connectivity index (χ2v) is 6.02. The summed E-state index contributed by atoms with van der Waals surface area (Å²) < 4.78 is 13.8. The zero-order valence-electron chi connectivity index (χ0n) is 14.2. The van der Waals surface area contributed by atoms with Gasteiger partial charge in [-0.05, 0) is 31.5 Å². The van der Waals surface area contributed by atoms with Gasteiger partial charge >= 0.3 is 0 Å². The molecule has 6 heteroatoms. The summed E-state index contributed by atoms with van der Waals surface area (Å²) in [4.78, 5) is 21.3. The van der Waals surface area contributed by atoms with Crippen molar-refractivity contribution >= 4 is 16.9 Å². The van der Waals surface area contributed by atoms with Crippen LogP contribution >= 0.6 is 0 Å². The first-order valence-electron chi connectivity index (χ1n) is 8.16. The monoisotopic (exact) mass is 341 g/mol. The molecule has 0 aliphatic heterocycles. The minimum atomic E-state index is -0.812. The summed E-state index contributed by atoms with van der Waals surface area (Å²) >= 11 is 0. The number of amides is 1. The van der Waals surface area contributed by atoms with E-state index in [1.54, 1.807) is 0 Å². The highest BCUT2D eigenvalue weighted by Gasteiger charge is 2.22. The SMILES string of the molecule is CCN(CC(O)c1ccc(C)cc1)C(=O)c1cc(F)cc2[nH]cnc12. The molecule has 1 unspecified atom stereocenters. The van der Waals surface area contributed by atoms with Crippen LogP contribution in [0.3, 0.4) is 0 Å². The second kappa shape index (κ2) is 7.03. The number of aromatic nitrogens is 2. The molecule has 0 bridgehead atoms. The van der Waals surface area contributed by atoms with Crippen LogP contribution in [0.2, 0.25) is 0 Å². The number of carbonyl (C=O) groups is 1. The number of rotatable bonds is 5. The molecule has 1 heterocycles. The summed E-state index contributed by atoms with van der Waals surface area (Å²) in [7, 11) is 0. The molecule has 1 amide bonds. The molecular weight excluding hydrogens is 321 g/mol. The zero-order valence-corrected chi connectivity index (χ0v) is 14.2. The number of fused-ring (bicyclic) bond motifs is 1. The standard InChI is InChI=1S/C19H20FN3O2/c1-3-23(10-17(24)13-6-4-12(2)5-7-13)19(25)15-8-14(20)9-16-18(15)22-11-21-16/h4-9,11,17,24H,3,10H2,1-2H3,(H,21,22). The van der Waals surface area contributed by atoms with E-state index in [0.717, 1.165) is 11.1 Å². The number of hydrogen-bond donors (Lipinski definition) is 2. The van der Waals surface area contributed by atoms with Gasteiger partial charge < -0.3 is 15.0 Å². The lowest BCUT2D eigenvalue weighted by atomic mass is 10.1. The molecule has 2 aromatic carbocycles. The third-order valence-corrected chi connectivity index (χ3v) is 4.24. The van der Waals surface area contributed by atoms with Crippen molar-refractivity contribution in [2.75, 3.05) is 13.1 Å². The van der Waals surface area contributed by atoms with Crippen LogP contribution < -0.4 is 0 Å². The molecule has 3 rings (SSSR count). The summed E-state index contributed by atoms with van der Waals surface area (Å²) in [6, 6.07) is 9.99. The maximum atomic E-state index is 13.8. The Hall–Kier alpha value is -2.73. The molecule has 3 aromatic rings. The van der Waals surface area contributed by atoms with Crippen molar-refractivity contribution in [2.24, 2.45) is 0 Å². The van der Waals surface area contributed by atoms with Crippen molar-refractivity contribution in [1.29, 1.82) is 0 Å². The van der Waals surface area contributed by atoms with Gasteiger partial charge in [0.05, 0.1) is 30.1 Å². The lowest BCUT2D eigenvalue weighted by Gasteiger charge is -2.24. The third kappa shape index (κ3) is 3.53. The summed E-state index contributed by atoms with van der Waals surface area (Å²) in [6.07, 6.45) is 0.617. The number of carbonyl (C=O) groups excluding carboxylic acids is 1. The molecule has 0 saturated heterocycles. The molecule has 0 saturated carbocycles. The van der Waals surface area contributed by atoms with Gasteiger partial charge in [-0.25, -0.2) is 9.37 Å². The molecule has 130 valence electrons. The first-order chi connectivity index (χ1) is 12.0. The highest BCUT2D eigenvalue weighted by Crippen LogP contribution is 2.21. The van der Waals surface area contributed by atoms with E-state index >= 15 is 0 Å². The predicted octanol–water partition coefficient (Wildman–Crippen LogP) is 3.21. The number of aromatic amines is 1. The molecule has 5 nitrogen and oxygen atoms in total. The van der Waals surface area contributed by atoms with E-state index in [-0.39, 0.29) is 18.0 Å². The zero-order chi connectivity index (χ0) is 18.0. The van der Waals surface area contributed by atoms with Crippen molar-refractivity contribution < 1.29 is 14.3 Å². The maximum absolute atomic E-state index is 13.8. The number of H-pyrrole nitrogens is 1. The summed E-state index contributed by atoms with van der Waals surface area (Å²) in [6.45, 7) is 4.31. The number of halogens is 1. The molecule has 2 N–H and O–H groups in total. The van der Waals surface area contributed by atoms with Gasteiger partial charge in [-0.1, -0.05) is 29.8 Å². The van der Waals surface area contributed by atoms with Crippen LogP contribution in [-0.2, 0) is 0 Å². The Kier molecular flexibility index (Phi) is 4.81. The van der Waals surface area contributed by atoms with Crippen molar-refractivity contribution in [1.82, 2.24) is 14.9 Å². The quantitative estimate of drug-likeness (QED) is 0.749. The summed E-state index contributed by atoms with van der Waals surface area (Å²) in [5.74, 6) is -0.861. The minimum Gasteiger partial charge on any atom is -0.387 e. The van der Waals surface area contributed by atoms with Crippen LogP contribution in [0.1, 0.15) is 34.5 Å². The lowest BCUT2D eigenvalue weighted by Crippen LogP contribution is -2.34. The number of aliphatic hydroxyl groups is 1. The minimum absolute atomic E-state index is 0.126. The summed E-state index contributed by atoms with van der Waals surface area (Å²) in [5, 5.41) is 10.4. The Morgan fingerprint density at radius 1 is 1.32 bits per heavy atom. The highest BCUT2D eigenvalue weighted by atomic mass is 19.1. The van der Waals surface area contributed by atoms with Gasteiger partial charge in [0.1, 0.15) is 11.3 Å². The molecular formula is C19H20FN3O2. The topological polar surface area (TPSA) is 69.2 Å². The van der Waals surface area contributed by atoms with Gasteiger partial charge in [-0.15, -0.1) is 0 Å². The predicted molar refractivity (Wildman–Crippen MR) is 93.8 cm³/mol. The first kappa shape index (κ1) is 17.1. The van der Waals surface area contributed by atoms with Gasteiger partial charge in [-0.2, -0.15) is 0 Å². The fourth-order valence-corrected chi connectivity index (χ4v) is 2.81. The Labute approximate surface area is 145 Å². The average molecular weight is 341 g/mol. The number of nitrogens with one attached hydrogen (secondary N) is 1. The molecule has 0 spiro atoms. The summed E-state index contributed by atoms with van der Waals surface area (Å²) in [5.41, 5.74) is 2.92. The van der Waals surface area contributed by atoms with Gasteiger partial charge in [0, 0.05) is 6.54 Å². The number of imidazole rings is 1. The normalized spacial score (nSPS) is 12.3. The number of nitrogens with zero attached hydrogens (tertiary/aromatic N) is 2. The molecule has 25 heavy (non-hydrogen) atoms. The first-order valence-corrected chi connectivity index (χ1v) is 8.16. The molecule has 1 aromatic heterocycles. The van der Waals surface area contributed by atoms with Crippen molar-refractivity contribution in [3.63, 3.8) is 0 Å². The average Bonchev–Trinajstić information content (AvgIpc) is 3.07. The fourth-order valence-electron chi connectivity index (χ4n) is 2.81. The van der Waals surface area contributed by atoms with E-state index < -0.39 is 11.9 Å². The van der Waals surface area contributed by atoms with Gasteiger partial charge in [-0.3, -0.25) is 4.79 Å². The number of aliphatic hydroxyl groups excluding tert-OH is 1. The van der Waals surface area contributed by atoms with Crippen LogP contribution in [-0.4, -0.2) is 39.0 Å². The number of benzene rings is 2. The van der Waals surface area contributed by atoms with Gasteiger partial charge in [0.15, 0.2) is 0 Å². The Bertz CT molecular complexity index is 889. The highest BCUT2D eigenvalue weighted by molar-refractivity contribution is 6.04. The Morgan fingerprint density at radius 2 is 2.04 bits per heavy atom. The van der Waals surface area contributed by atoms with Crippen LogP contribution in [0.5, 0.6) is 0 Å². The second-order valence-electron chi connectivity index (χ2n) is 6.02. The fraction of sp³-hybridized carbons (Fsp3) is 0.263. The number of aryl methyl sites for hydroxylation is 1. The van der Waals surface area contributed by atoms with Crippen molar-refractivity contribution in [3.05, 3.63) is 65.2 Å². The Morgan fingerprint density at radius 3 is 2.72 bits per heavy atom. The molecule has 1 atom stereocenters. The third-order valence-electron chi connectivity index (χ3n) is 4.24. The number of hydrogen-bond acceptors (Lipinski definition) is 3. The van der Waals surface area contributed by atoms with Crippen LogP contribution in [0.15, 0.2) is 42.7 Å². The maximum Gasteiger partial charge on any atom is 0.256 e. The van der Waals surface area contributed by atoms with E-state index in [4.69, 9.17) is 0 Å². The van der Waals surface area contributed by atoms with Crippen molar-refractivity contribution in [3.8, 4) is 0 Å². The molecule has 0 aliphatic rings. The van der Waals surface area contributed by atoms with Gasteiger partial charge in [0.2, 0.25) is 0 Å².